The second-order valence-corrected chi connectivity index (χ2v) is 6.62. The van der Waals surface area contributed by atoms with Gasteiger partial charge in [-0.3, -0.25) is 4.90 Å². The summed E-state index contributed by atoms with van der Waals surface area (Å²) in [5.74, 6) is 0.455. The topological polar surface area (TPSA) is 3.24 Å². The van der Waals surface area contributed by atoms with Crippen molar-refractivity contribution in [2.45, 2.75) is 18.8 Å². The van der Waals surface area contributed by atoms with Crippen LogP contribution in [-0.2, 0) is 0 Å². The van der Waals surface area contributed by atoms with Crippen molar-refractivity contribution in [1.82, 2.24) is 4.90 Å². The first kappa shape index (κ1) is 17.4. The molecule has 0 unspecified atom stereocenters. The predicted octanol–water partition coefficient (Wildman–Crippen LogP) is 5.76. The van der Waals surface area contributed by atoms with Crippen molar-refractivity contribution < 1.29 is 0 Å². The Morgan fingerprint density at radius 3 is 1.84 bits per heavy atom. The van der Waals surface area contributed by atoms with Crippen molar-refractivity contribution in [3.63, 3.8) is 0 Å². The zero-order valence-corrected chi connectivity index (χ0v) is 14.9. The van der Waals surface area contributed by atoms with Crippen LogP contribution in [0.1, 0.15) is 41.0 Å². The summed E-state index contributed by atoms with van der Waals surface area (Å²) >= 11 is 0. The summed E-state index contributed by atoms with van der Waals surface area (Å²) in [6.07, 6.45) is 10.8. The standard InChI is InChI=1S/C24H27N/c1-3-17-25(18-4-2)19-9-14-24-22-12-7-5-10-20(22)15-16-21-11-6-8-13-23(21)24/h3-8,10-13,15-16,24H,1-2,9,14,17-19H2. The van der Waals surface area contributed by atoms with Gasteiger partial charge in [-0.1, -0.05) is 72.8 Å². The number of rotatable bonds is 8. The molecule has 25 heavy (non-hydrogen) atoms. The molecule has 0 bridgehead atoms. The molecule has 1 aliphatic rings. The zero-order chi connectivity index (χ0) is 17.5. The van der Waals surface area contributed by atoms with Gasteiger partial charge in [0.25, 0.3) is 0 Å². The van der Waals surface area contributed by atoms with Gasteiger partial charge in [0.2, 0.25) is 0 Å². The molecule has 2 aromatic carbocycles. The lowest BCUT2D eigenvalue weighted by Crippen LogP contribution is -2.25. The number of benzene rings is 2. The van der Waals surface area contributed by atoms with Crippen LogP contribution < -0.4 is 0 Å². The molecular formula is C24H27N. The Hall–Kier alpha value is -2.38. The SMILES string of the molecule is C=CCN(CC=C)CCCC1c2ccccc2C=Cc2ccccc21. The van der Waals surface area contributed by atoms with Gasteiger partial charge in [-0.15, -0.1) is 13.2 Å². The number of hydrogen-bond acceptors (Lipinski definition) is 1. The fraction of sp³-hybridized carbons (Fsp3) is 0.250. The smallest absolute Gasteiger partial charge is 0.0163 e. The molecule has 0 aliphatic heterocycles. The molecule has 0 heterocycles. The molecule has 0 saturated carbocycles. The molecule has 0 amide bonds. The van der Waals surface area contributed by atoms with Gasteiger partial charge >= 0.3 is 0 Å². The Kier molecular flexibility index (Phi) is 6.03. The molecule has 1 aliphatic carbocycles. The summed E-state index contributed by atoms with van der Waals surface area (Å²) < 4.78 is 0. The first-order valence-electron chi connectivity index (χ1n) is 9.13. The lowest BCUT2D eigenvalue weighted by molar-refractivity contribution is 0.324. The van der Waals surface area contributed by atoms with Crippen molar-refractivity contribution in [1.29, 1.82) is 0 Å². The molecule has 0 atom stereocenters. The van der Waals surface area contributed by atoms with E-state index in [1.807, 2.05) is 12.2 Å². The maximum Gasteiger partial charge on any atom is 0.0163 e. The molecule has 128 valence electrons. The van der Waals surface area contributed by atoms with E-state index in [2.05, 4.69) is 78.7 Å². The van der Waals surface area contributed by atoms with E-state index in [1.165, 1.54) is 22.3 Å². The van der Waals surface area contributed by atoms with E-state index in [-0.39, 0.29) is 0 Å². The summed E-state index contributed by atoms with van der Waals surface area (Å²) in [7, 11) is 0. The molecule has 1 nitrogen and oxygen atoms in total. The molecule has 0 fully saturated rings. The summed E-state index contributed by atoms with van der Waals surface area (Å²) in [5, 5.41) is 0. The summed E-state index contributed by atoms with van der Waals surface area (Å²) in [5.41, 5.74) is 5.58. The summed E-state index contributed by atoms with van der Waals surface area (Å²) in [4.78, 5) is 2.40. The highest BCUT2D eigenvalue weighted by Crippen LogP contribution is 2.37. The zero-order valence-electron chi connectivity index (χ0n) is 14.9. The van der Waals surface area contributed by atoms with E-state index in [1.54, 1.807) is 0 Å². The highest BCUT2D eigenvalue weighted by Gasteiger charge is 2.20. The Morgan fingerprint density at radius 2 is 1.32 bits per heavy atom. The number of nitrogens with zero attached hydrogens (tertiary/aromatic N) is 1. The van der Waals surface area contributed by atoms with Crippen LogP contribution in [0.2, 0.25) is 0 Å². The predicted molar refractivity (Wildman–Crippen MR) is 110 cm³/mol. The van der Waals surface area contributed by atoms with E-state index in [0.717, 1.165) is 32.5 Å². The fourth-order valence-corrected chi connectivity index (χ4v) is 3.76. The quantitative estimate of drug-likeness (QED) is 0.557. The Morgan fingerprint density at radius 1 is 0.800 bits per heavy atom. The largest absolute Gasteiger partial charge is 0.296 e. The van der Waals surface area contributed by atoms with Gasteiger partial charge in [-0.05, 0) is 41.6 Å². The van der Waals surface area contributed by atoms with Crippen molar-refractivity contribution in [3.05, 3.63) is 96.1 Å². The molecule has 0 radical (unpaired) electrons. The van der Waals surface area contributed by atoms with E-state index in [4.69, 9.17) is 0 Å². The normalized spacial score (nSPS) is 13.2. The third kappa shape index (κ3) is 4.18. The minimum Gasteiger partial charge on any atom is -0.296 e. The van der Waals surface area contributed by atoms with Crippen LogP contribution in [0.5, 0.6) is 0 Å². The van der Waals surface area contributed by atoms with Crippen LogP contribution in [0, 0.1) is 0 Å². The number of fused-ring (bicyclic) bond motifs is 2. The van der Waals surface area contributed by atoms with Gasteiger partial charge in [0.05, 0.1) is 0 Å². The fourth-order valence-electron chi connectivity index (χ4n) is 3.76. The summed E-state index contributed by atoms with van der Waals surface area (Å²) in [6.45, 7) is 10.7. The first-order valence-corrected chi connectivity index (χ1v) is 9.13. The molecule has 0 N–H and O–H groups in total. The monoisotopic (exact) mass is 329 g/mol. The second kappa shape index (κ2) is 8.64. The Bertz CT molecular complexity index is 697. The van der Waals surface area contributed by atoms with Crippen molar-refractivity contribution >= 4 is 12.2 Å². The lowest BCUT2D eigenvalue weighted by atomic mass is 9.84. The van der Waals surface area contributed by atoms with Gasteiger partial charge in [0, 0.05) is 19.0 Å². The van der Waals surface area contributed by atoms with Crippen molar-refractivity contribution in [2.75, 3.05) is 19.6 Å². The average molecular weight is 329 g/mol. The van der Waals surface area contributed by atoms with E-state index in [9.17, 15) is 0 Å². The van der Waals surface area contributed by atoms with Gasteiger partial charge in [-0.25, -0.2) is 0 Å². The Balaban J connectivity index is 1.81. The highest BCUT2D eigenvalue weighted by atomic mass is 15.1. The highest BCUT2D eigenvalue weighted by molar-refractivity contribution is 5.76. The van der Waals surface area contributed by atoms with Gasteiger partial charge in [-0.2, -0.15) is 0 Å². The third-order valence-corrected chi connectivity index (χ3v) is 4.93. The van der Waals surface area contributed by atoms with E-state index >= 15 is 0 Å². The first-order chi connectivity index (χ1) is 12.3. The van der Waals surface area contributed by atoms with Crippen LogP contribution >= 0.6 is 0 Å². The molecule has 3 rings (SSSR count). The third-order valence-electron chi connectivity index (χ3n) is 4.93. The lowest BCUT2D eigenvalue weighted by Gasteiger charge is -2.23. The van der Waals surface area contributed by atoms with Crippen LogP contribution in [0.15, 0.2) is 73.8 Å². The maximum absolute atomic E-state index is 3.87. The molecule has 0 spiro atoms. The molecule has 0 saturated heterocycles. The van der Waals surface area contributed by atoms with Crippen LogP contribution in [0.25, 0.3) is 12.2 Å². The maximum atomic E-state index is 3.87. The van der Waals surface area contributed by atoms with Crippen molar-refractivity contribution in [3.8, 4) is 0 Å². The van der Waals surface area contributed by atoms with Gasteiger partial charge in [0.15, 0.2) is 0 Å². The molecular weight excluding hydrogens is 302 g/mol. The second-order valence-electron chi connectivity index (χ2n) is 6.62. The van der Waals surface area contributed by atoms with Gasteiger partial charge in [0.1, 0.15) is 0 Å². The van der Waals surface area contributed by atoms with Crippen LogP contribution in [0.3, 0.4) is 0 Å². The van der Waals surface area contributed by atoms with E-state index in [0.29, 0.717) is 5.92 Å². The number of hydrogen-bond donors (Lipinski definition) is 0. The summed E-state index contributed by atoms with van der Waals surface area (Å²) in [6, 6.07) is 17.6. The van der Waals surface area contributed by atoms with E-state index < -0.39 is 0 Å². The minimum absolute atomic E-state index is 0.455. The molecule has 1 heteroatoms. The minimum atomic E-state index is 0.455. The van der Waals surface area contributed by atoms with Crippen molar-refractivity contribution in [2.24, 2.45) is 0 Å². The molecule has 2 aromatic rings. The van der Waals surface area contributed by atoms with Crippen LogP contribution in [0.4, 0.5) is 0 Å². The molecule has 0 aromatic heterocycles. The Labute approximate surface area is 152 Å². The average Bonchev–Trinajstić information content (AvgIpc) is 2.80. The van der Waals surface area contributed by atoms with Gasteiger partial charge < -0.3 is 0 Å². The van der Waals surface area contributed by atoms with Crippen LogP contribution in [-0.4, -0.2) is 24.5 Å².